The van der Waals surface area contributed by atoms with E-state index in [1.807, 2.05) is 24.4 Å². The zero-order valence-corrected chi connectivity index (χ0v) is 13.4. The fourth-order valence-corrected chi connectivity index (χ4v) is 2.63. The topological polar surface area (TPSA) is 46.4 Å². The van der Waals surface area contributed by atoms with Gasteiger partial charge in [0.15, 0.2) is 0 Å². The van der Waals surface area contributed by atoms with Gasteiger partial charge >= 0.3 is 0 Å². The van der Waals surface area contributed by atoms with E-state index in [9.17, 15) is 9.18 Å². The second kappa shape index (κ2) is 7.08. The van der Waals surface area contributed by atoms with Crippen molar-refractivity contribution in [3.8, 4) is 0 Å². The highest BCUT2D eigenvalue weighted by Gasteiger charge is 2.07. The Morgan fingerprint density at radius 1 is 1.21 bits per heavy atom. The zero-order chi connectivity index (χ0) is 16.9. The molecule has 0 spiro atoms. The number of halogens is 1. The smallest absolute Gasteiger partial charge is 0.271 e. The van der Waals surface area contributed by atoms with Gasteiger partial charge in [-0.05, 0) is 36.8 Å². The number of rotatable bonds is 5. The van der Waals surface area contributed by atoms with Crippen LogP contribution in [0, 0.1) is 5.82 Å². The molecule has 0 aliphatic rings. The van der Waals surface area contributed by atoms with E-state index >= 15 is 0 Å². The van der Waals surface area contributed by atoms with Crippen LogP contribution in [-0.2, 0) is 6.54 Å². The Balaban J connectivity index is 1.78. The molecule has 3 aromatic rings. The van der Waals surface area contributed by atoms with E-state index in [0.29, 0.717) is 5.56 Å². The maximum Gasteiger partial charge on any atom is 0.271 e. The van der Waals surface area contributed by atoms with Crippen molar-refractivity contribution >= 4 is 23.0 Å². The van der Waals surface area contributed by atoms with Gasteiger partial charge in [-0.2, -0.15) is 5.10 Å². The molecule has 3 rings (SSSR count). The Bertz CT molecular complexity index is 881. The summed E-state index contributed by atoms with van der Waals surface area (Å²) in [4.78, 5) is 12.0. The number of aryl methyl sites for hydroxylation is 1. The van der Waals surface area contributed by atoms with Crippen molar-refractivity contribution in [1.82, 2.24) is 9.99 Å². The van der Waals surface area contributed by atoms with Gasteiger partial charge in [0.2, 0.25) is 0 Å². The van der Waals surface area contributed by atoms with Crippen LogP contribution in [0.25, 0.3) is 10.9 Å². The Labute approximate surface area is 139 Å². The maximum atomic E-state index is 12.9. The summed E-state index contributed by atoms with van der Waals surface area (Å²) in [5, 5.41) is 5.12. The van der Waals surface area contributed by atoms with Crippen molar-refractivity contribution < 1.29 is 9.18 Å². The molecule has 0 aliphatic heterocycles. The number of hydrazone groups is 1. The third-order valence-electron chi connectivity index (χ3n) is 3.76. The Kier molecular flexibility index (Phi) is 4.70. The van der Waals surface area contributed by atoms with E-state index in [0.717, 1.165) is 29.4 Å². The summed E-state index contributed by atoms with van der Waals surface area (Å²) in [6, 6.07) is 13.4. The van der Waals surface area contributed by atoms with Crippen molar-refractivity contribution in [1.29, 1.82) is 0 Å². The molecule has 1 aromatic heterocycles. The summed E-state index contributed by atoms with van der Waals surface area (Å²) in [5.74, 6) is -0.748. The number of fused-ring (bicyclic) bond motifs is 1. The molecular weight excluding hydrogens is 305 g/mol. The number of para-hydroxylation sites is 1. The molecule has 1 N–H and O–H groups in total. The van der Waals surface area contributed by atoms with Crippen LogP contribution in [0.1, 0.15) is 29.3 Å². The molecule has 0 bridgehead atoms. The van der Waals surface area contributed by atoms with E-state index in [1.165, 1.54) is 24.3 Å². The molecular formula is C19H18FN3O. The third-order valence-corrected chi connectivity index (χ3v) is 3.76. The van der Waals surface area contributed by atoms with Gasteiger partial charge in [0.25, 0.3) is 5.91 Å². The Hall–Kier alpha value is -2.95. The molecule has 0 radical (unpaired) electrons. The van der Waals surface area contributed by atoms with Crippen LogP contribution in [0.5, 0.6) is 0 Å². The highest BCUT2D eigenvalue weighted by atomic mass is 19.1. The average Bonchev–Trinajstić information content (AvgIpc) is 2.94. The van der Waals surface area contributed by atoms with Crippen molar-refractivity contribution in [2.75, 3.05) is 0 Å². The molecule has 0 fully saturated rings. The summed E-state index contributed by atoms with van der Waals surface area (Å²) in [6.45, 7) is 3.06. The number of amides is 1. The zero-order valence-electron chi connectivity index (χ0n) is 13.4. The molecule has 5 heteroatoms. The standard InChI is InChI=1S/C19H18FN3O/c1-2-11-23-13-15(17-5-3-4-6-18(17)23)12-21-22-19(24)14-7-9-16(20)10-8-14/h3-10,12-13H,2,11H2,1H3,(H,22,24)/b21-12-. The number of carbonyl (C=O) groups excluding carboxylic acids is 1. The third kappa shape index (κ3) is 3.35. The fourth-order valence-electron chi connectivity index (χ4n) is 2.63. The van der Waals surface area contributed by atoms with Crippen molar-refractivity contribution in [3.05, 3.63) is 71.7 Å². The first-order valence-electron chi connectivity index (χ1n) is 7.86. The van der Waals surface area contributed by atoms with Crippen LogP contribution >= 0.6 is 0 Å². The molecule has 1 amide bonds. The number of benzene rings is 2. The first kappa shape index (κ1) is 15.9. The molecule has 0 aliphatic carbocycles. The highest BCUT2D eigenvalue weighted by Crippen LogP contribution is 2.20. The largest absolute Gasteiger partial charge is 0.347 e. The van der Waals surface area contributed by atoms with Crippen molar-refractivity contribution in [2.45, 2.75) is 19.9 Å². The lowest BCUT2D eigenvalue weighted by Crippen LogP contribution is -2.17. The van der Waals surface area contributed by atoms with Gasteiger partial charge in [-0.15, -0.1) is 0 Å². The first-order valence-corrected chi connectivity index (χ1v) is 7.86. The van der Waals surface area contributed by atoms with E-state index < -0.39 is 0 Å². The van der Waals surface area contributed by atoms with Crippen molar-refractivity contribution in [3.63, 3.8) is 0 Å². The minimum absolute atomic E-state index is 0.363. The molecule has 0 saturated heterocycles. The van der Waals surface area contributed by atoms with Crippen LogP contribution in [0.15, 0.2) is 59.8 Å². The second-order valence-electron chi connectivity index (χ2n) is 5.50. The summed E-state index contributed by atoms with van der Waals surface area (Å²) in [7, 11) is 0. The lowest BCUT2D eigenvalue weighted by Gasteiger charge is -2.00. The molecule has 4 nitrogen and oxygen atoms in total. The molecule has 122 valence electrons. The SMILES string of the molecule is CCCn1cc(/C=N\NC(=O)c2ccc(F)cc2)c2ccccc21. The molecule has 24 heavy (non-hydrogen) atoms. The fraction of sp³-hybridized carbons (Fsp3) is 0.158. The quantitative estimate of drug-likeness (QED) is 0.561. The molecule has 0 unspecified atom stereocenters. The van der Waals surface area contributed by atoms with E-state index in [1.54, 1.807) is 6.21 Å². The minimum Gasteiger partial charge on any atom is -0.347 e. The van der Waals surface area contributed by atoms with Gasteiger partial charge in [-0.3, -0.25) is 4.79 Å². The average molecular weight is 323 g/mol. The van der Waals surface area contributed by atoms with Gasteiger partial charge in [-0.1, -0.05) is 25.1 Å². The van der Waals surface area contributed by atoms with Gasteiger partial charge < -0.3 is 4.57 Å². The number of hydrogen-bond donors (Lipinski definition) is 1. The predicted octanol–water partition coefficient (Wildman–Crippen LogP) is 3.95. The Morgan fingerprint density at radius 3 is 2.71 bits per heavy atom. The number of hydrogen-bond acceptors (Lipinski definition) is 2. The van der Waals surface area contributed by atoms with Crippen LogP contribution in [0.4, 0.5) is 4.39 Å². The lowest BCUT2D eigenvalue weighted by atomic mass is 10.2. The molecule has 2 aromatic carbocycles. The number of nitrogens with zero attached hydrogens (tertiary/aromatic N) is 2. The lowest BCUT2D eigenvalue weighted by molar-refractivity contribution is 0.0955. The van der Waals surface area contributed by atoms with Gasteiger partial charge in [0.1, 0.15) is 5.82 Å². The second-order valence-corrected chi connectivity index (χ2v) is 5.50. The van der Waals surface area contributed by atoms with E-state index in [4.69, 9.17) is 0 Å². The normalized spacial score (nSPS) is 11.2. The van der Waals surface area contributed by atoms with Gasteiger partial charge in [-0.25, -0.2) is 9.82 Å². The summed E-state index contributed by atoms with van der Waals surface area (Å²) < 4.78 is 15.1. The monoisotopic (exact) mass is 323 g/mol. The summed E-state index contributed by atoms with van der Waals surface area (Å²) in [5.41, 5.74) is 4.92. The Morgan fingerprint density at radius 2 is 1.96 bits per heavy atom. The van der Waals surface area contributed by atoms with Crippen molar-refractivity contribution in [2.24, 2.45) is 5.10 Å². The van der Waals surface area contributed by atoms with Crippen LogP contribution < -0.4 is 5.43 Å². The highest BCUT2D eigenvalue weighted by molar-refractivity contribution is 6.00. The summed E-state index contributed by atoms with van der Waals surface area (Å²) in [6.07, 6.45) is 4.70. The van der Waals surface area contributed by atoms with Gasteiger partial charge in [0.05, 0.1) is 6.21 Å². The predicted molar refractivity (Wildman–Crippen MR) is 93.7 cm³/mol. The van der Waals surface area contributed by atoms with Crippen LogP contribution in [0.2, 0.25) is 0 Å². The number of aromatic nitrogens is 1. The molecule has 0 atom stereocenters. The molecule has 1 heterocycles. The minimum atomic E-state index is -0.376. The number of carbonyl (C=O) groups is 1. The van der Waals surface area contributed by atoms with Crippen LogP contribution in [0.3, 0.4) is 0 Å². The van der Waals surface area contributed by atoms with Gasteiger partial charge in [0, 0.05) is 34.8 Å². The van der Waals surface area contributed by atoms with E-state index in [2.05, 4.69) is 28.1 Å². The first-order chi connectivity index (χ1) is 11.7. The number of nitrogens with one attached hydrogen (secondary N) is 1. The van der Waals surface area contributed by atoms with Crippen LogP contribution in [-0.4, -0.2) is 16.7 Å². The summed E-state index contributed by atoms with van der Waals surface area (Å²) >= 11 is 0. The van der Waals surface area contributed by atoms with E-state index in [-0.39, 0.29) is 11.7 Å². The maximum absolute atomic E-state index is 12.9. The molecule has 0 saturated carbocycles.